The number of fused-ring (bicyclic) bond motifs is 2. The summed E-state index contributed by atoms with van der Waals surface area (Å²) in [5.41, 5.74) is 0.720. The minimum absolute atomic E-state index is 0.116. The number of H-pyrrole nitrogens is 1. The molecule has 3 heterocycles. The fourth-order valence-electron chi connectivity index (χ4n) is 4.28. The van der Waals surface area contributed by atoms with Gasteiger partial charge < -0.3 is 10.0 Å². The molecule has 1 aliphatic heterocycles. The molecule has 3 aromatic rings. The molecule has 0 radical (unpaired) electrons. The number of halogens is 3. The van der Waals surface area contributed by atoms with E-state index < -0.39 is 23.8 Å². The van der Waals surface area contributed by atoms with E-state index in [9.17, 15) is 23.1 Å². The average molecular weight is 403 g/mol. The summed E-state index contributed by atoms with van der Waals surface area (Å²) >= 11 is 0. The molecule has 1 saturated carbocycles. The molecule has 2 N–H and O–H groups in total. The van der Waals surface area contributed by atoms with E-state index in [1.807, 2.05) is 0 Å². The van der Waals surface area contributed by atoms with Gasteiger partial charge in [-0.15, -0.1) is 0 Å². The number of benzene rings is 1. The molecule has 0 bridgehead atoms. The summed E-state index contributed by atoms with van der Waals surface area (Å²) in [4.78, 5) is 22.1. The molecule has 0 amide bonds. The van der Waals surface area contributed by atoms with E-state index in [1.165, 1.54) is 12.4 Å². The molecule has 1 unspecified atom stereocenters. The molecule has 2 aromatic heterocycles. The molecule has 0 spiro atoms. The fourth-order valence-corrected chi connectivity index (χ4v) is 4.28. The molecule has 5 rings (SSSR count). The maximum Gasteiger partial charge on any atom is 0.416 e. The van der Waals surface area contributed by atoms with Crippen molar-refractivity contribution in [2.75, 3.05) is 11.4 Å². The molecular formula is C19H16F3N5O2. The van der Waals surface area contributed by atoms with Crippen molar-refractivity contribution >= 4 is 22.8 Å². The first-order valence-electron chi connectivity index (χ1n) is 9.12. The van der Waals surface area contributed by atoms with E-state index in [-0.39, 0.29) is 11.4 Å². The van der Waals surface area contributed by atoms with Crippen molar-refractivity contribution in [2.45, 2.75) is 25.6 Å². The van der Waals surface area contributed by atoms with Crippen molar-refractivity contribution in [3.63, 3.8) is 0 Å². The lowest BCUT2D eigenvalue weighted by Gasteiger charge is -2.24. The minimum Gasteiger partial charge on any atom is -0.480 e. The second-order valence-corrected chi connectivity index (χ2v) is 7.62. The van der Waals surface area contributed by atoms with Crippen LogP contribution in [0.15, 0.2) is 24.5 Å². The van der Waals surface area contributed by atoms with Crippen LogP contribution in [0.5, 0.6) is 0 Å². The van der Waals surface area contributed by atoms with Crippen molar-refractivity contribution in [1.29, 1.82) is 0 Å². The fraction of sp³-hybridized carbons (Fsp3) is 0.368. The number of nitrogens with zero attached hydrogens (tertiary/aromatic N) is 4. The van der Waals surface area contributed by atoms with Crippen LogP contribution in [-0.2, 0) is 11.0 Å². The molecule has 2 fully saturated rings. The second kappa shape index (κ2) is 5.91. The predicted molar refractivity (Wildman–Crippen MR) is 97.2 cm³/mol. The van der Waals surface area contributed by atoms with Crippen LogP contribution >= 0.6 is 0 Å². The molecular weight excluding hydrogens is 387 g/mol. The van der Waals surface area contributed by atoms with Gasteiger partial charge in [0, 0.05) is 23.7 Å². The Kier molecular flexibility index (Phi) is 3.65. The summed E-state index contributed by atoms with van der Waals surface area (Å²) in [6, 6.07) is 1.43. The van der Waals surface area contributed by atoms with Crippen molar-refractivity contribution in [2.24, 2.45) is 11.8 Å². The first-order chi connectivity index (χ1) is 13.7. The third-order valence-electron chi connectivity index (χ3n) is 5.80. The molecule has 2 aliphatic rings. The van der Waals surface area contributed by atoms with E-state index in [4.69, 9.17) is 0 Å². The van der Waals surface area contributed by atoms with Crippen LogP contribution < -0.4 is 4.90 Å². The first kappa shape index (κ1) is 17.9. The van der Waals surface area contributed by atoms with Crippen molar-refractivity contribution < 1.29 is 23.1 Å². The van der Waals surface area contributed by atoms with E-state index in [2.05, 4.69) is 20.2 Å². The number of rotatable bonds is 3. The monoisotopic (exact) mass is 403 g/mol. The second-order valence-electron chi connectivity index (χ2n) is 7.62. The lowest BCUT2D eigenvalue weighted by molar-refractivity contribution is -0.139. The maximum atomic E-state index is 13.3. The van der Waals surface area contributed by atoms with Gasteiger partial charge >= 0.3 is 12.1 Å². The number of carboxylic acid groups (broad SMARTS) is 1. The molecule has 29 heavy (non-hydrogen) atoms. The number of carboxylic acids is 1. The topological polar surface area (TPSA) is 95.0 Å². The Balaban J connectivity index is 1.58. The molecule has 7 nitrogen and oxygen atoms in total. The van der Waals surface area contributed by atoms with Gasteiger partial charge in [0.25, 0.3) is 0 Å². The SMILES string of the molecule is Cc1nc(N2C[C@H]3C[C@H]3C2C(=O)O)ncc1-c1cc(C(F)(F)F)cc2[nH]ncc12. The highest BCUT2D eigenvalue weighted by atomic mass is 19.4. The highest BCUT2D eigenvalue weighted by molar-refractivity contribution is 5.95. The number of aromatic nitrogens is 4. The van der Waals surface area contributed by atoms with E-state index in [0.29, 0.717) is 40.6 Å². The van der Waals surface area contributed by atoms with Crippen LogP contribution in [-0.4, -0.2) is 43.8 Å². The van der Waals surface area contributed by atoms with Crippen LogP contribution in [0, 0.1) is 18.8 Å². The largest absolute Gasteiger partial charge is 0.480 e. The van der Waals surface area contributed by atoms with Gasteiger partial charge in [-0.1, -0.05) is 0 Å². The minimum atomic E-state index is -4.51. The Hall–Kier alpha value is -3.17. The number of aryl methyl sites for hydroxylation is 1. The van der Waals surface area contributed by atoms with Gasteiger partial charge in [0.15, 0.2) is 0 Å². The van der Waals surface area contributed by atoms with Gasteiger partial charge in [0.2, 0.25) is 5.95 Å². The smallest absolute Gasteiger partial charge is 0.416 e. The maximum absolute atomic E-state index is 13.3. The summed E-state index contributed by atoms with van der Waals surface area (Å²) in [6.07, 6.45) is -0.684. The van der Waals surface area contributed by atoms with Crippen molar-refractivity contribution in [3.8, 4) is 11.1 Å². The number of piperidine rings is 1. The number of alkyl halides is 3. The zero-order valence-electron chi connectivity index (χ0n) is 15.2. The Labute approximate surface area is 162 Å². The highest BCUT2D eigenvalue weighted by Crippen LogP contribution is 2.50. The third-order valence-corrected chi connectivity index (χ3v) is 5.80. The molecule has 10 heteroatoms. The van der Waals surface area contributed by atoms with Gasteiger partial charge in [0.05, 0.1) is 23.0 Å². The van der Waals surface area contributed by atoms with Gasteiger partial charge in [0.1, 0.15) is 6.04 Å². The Bertz CT molecular complexity index is 1140. The summed E-state index contributed by atoms with van der Waals surface area (Å²) < 4.78 is 40.0. The van der Waals surface area contributed by atoms with Gasteiger partial charge in [-0.3, -0.25) is 5.10 Å². The Morgan fingerprint density at radius 3 is 2.76 bits per heavy atom. The molecule has 1 saturated heterocycles. The number of hydrogen-bond donors (Lipinski definition) is 2. The number of hydrogen-bond acceptors (Lipinski definition) is 5. The first-order valence-corrected chi connectivity index (χ1v) is 9.12. The summed E-state index contributed by atoms with van der Waals surface area (Å²) in [7, 11) is 0. The normalized spacial score (nSPS) is 23.4. The Morgan fingerprint density at radius 1 is 1.28 bits per heavy atom. The number of anilines is 1. The van der Waals surface area contributed by atoms with E-state index in [0.717, 1.165) is 18.6 Å². The summed E-state index contributed by atoms with van der Waals surface area (Å²) in [5.74, 6) is -0.154. The van der Waals surface area contributed by atoms with Crippen LogP contribution in [0.2, 0.25) is 0 Å². The number of nitrogens with one attached hydrogen (secondary N) is 1. The van der Waals surface area contributed by atoms with Crippen molar-refractivity contribution in [3.05, 3.63) is 35.8 Å². The lowest BCUT2D eigenvalue weighted by atomic mass is 9.99. The predicted octanol–water partition coefficient (Wildman–Crippen LogP) is 3.26. The van der Waals surface area contributed by atoms with Crippen LogP contribution in [0.1, 0.15) is 17.7 Å². The summed E-state index contributed by atoms with van der Waals surface area (Å²) in [6.45, 7) is 2.26. The standard InChI is InChI=1S/C19H16F3N5O2/c1-8-13(12-3-10(19(20,21)22)4-15-14(12)6-24-26-15)5-23-18(25-8)27-7-9-2-11(9)16(27)17(28)29/h3-6,9,11,16H,2,7H2,1H3,(H,24,26)(H,28,29)/t9-,11-,16?/m1/s1. The average Bonchev–Trinajstić information content (AvgIpc) is 3.09. The van der Waals surface area contributed by atoms with Crippen LogP contribution in [0.3, 0.4) is 0 Å². The Morgan fingerprint density at radius 2 is 2.07 bits per heavy atom. The van der Waals surface area contributed by atoms with E-state index in [1.54, 1.807) is 11.8 Å². The third kappa shape index (κ3) is 2.81. The van der Waals surface area contributed by atoms with Crippen LogP contribution in [0.25, 0.3) is 22.0 Å². The lowest BCUT2D eigenvalue weighted by Crippen LogP contribution is -2.40. The summed E-state index contributed by atoms with van der Waals surface area (Å²) in [5, 5.41) is 16.5. The van der Waals surface area contributed by atoms with Gasteiger partial charge in [-0.05, 0) is 42.9 Å². The van der Waals surface area contributed by atoms with Crippen LogP contribution in [0.4, 0.5) is 19.1 Å². The highest BCUT2D eigenvalue weighted by Gasteiger charge is 2.56. The number of carbonyl (C=O) groups is 1. The number of aromatic amines is 1. The zero-order valence-corrected chi connectivity index (χ0v) is 15.2. The molecule has 150 valence electrons. The van der Waals surface area contributed by atoms with E-state index >= 15 is 0 Å². The number of aliphatic carboxylic acids is 1. The zero-order chi connectivity index (χ0) is 20.5. The molecule has 3 atom stereocenters. The van der Waals surface area contributed by atoms with Gasteiger partial charge in [-0.2, -0.15) is 18.3 Å². The molecule has 1 aliphatic carbocycles. The van der Waals surface area contributed by atoms with Gasteiger partial charge in [-0.25, -0.2) is 14.8 Å². The molecule has 1 aromatic carbocycles. The van der Waals surface area contributed by atoms with Crippen molar-refractivity contribution in [1.82, 2.24) is 20.2 Å². The quantitative estimate of drug-likeness (QED) is 0.697.